The summed E-state index contributed by atoms with van der Waals surface area (Å²) < 4.78 is 0. The summed E-state index contributed by atoms with van der Waals surface area (Å²) in [5.74, 6) is -0.261. The van der Waals surface area contributed by atoms with Crippen molar-refractivity contribution in [3.05, 3.63) is 50.5 Å². The molecule has 0 fully saturated rings. The summed E-state index contributed by atoms with van der Waals surface area (Å²) in [6.45, 7) is 0.485. The first-order valence-corrected chi connectivity index (χ1v) is 7.08. The molecule has 0 atom stereocenters. The number of nitro groups is 1. The fourth-order valence-electron chi connectivity index (χ4n) is 1.73. The number of hydrogen-bond acceptors (Lipinski definition) is 6. The van der Waals surface area contributed by atoms with E-state index in [1.54, 1.807) is 12.4 Å². The number of carbonyl (C=O) groups excluding carboxylic acids is 1. The minimum atomic E-state index is -0.481. The summed E-state index contributed by atoms with van der Waals surface area (Å²) in [7, 11) is 1.60. The van der Waals surface area contributed by atoms with E-state index in [0.717, 1.165) is 5.01 Å². The number of nitrogens with two attached hydrogens (primary N) is 1. The highest BCUT2D eigenvalue weighted by Gasteiger charge is 2.17. The van der Waals surface area contributed by atoms with Gasteiger partial charge < -0.3 is 10.6 Å². The Morgan fingerprint density at radius 2 is 2.10 bits per heavy atom. The van der Waals surface area contributed by atoms with Crippen LogP contribution in [-0.2, 0) is 6.42 Å². The van der Waals surface area contributed by atoms with Gasteiger partial charge in [0.15, 0.2) is 0 Å². The van der Waals surface area contributed by atoms with Gasteiger partial charge in [-0.2, -0.15) is 0 Å². The largest absolute Gasteiger partial charge is 0.330 e. The zero-order valence-corrected chi connectivity index (χ0v) is 12.2. The number of aromatic nitrogens is 1. The van der Waals surface area contributed by atoms with Gasteiger partial charge in [-0.05, 0) is 18.7 Å². The summed E-state index contributed by atoms with van der Waals surface area (Å²) in [5.41, 5.74) is 6.36. The van der Waals surface area contributed by atoms with Crippen LogP contribution in [0.2, 0.25) is 0 Å². The van der Waals surface area contributed by atoms with Gasteiger partial charge in [-0.25, -0.2) is 4.98 Å². The molecule has 2 N–H and O–H groups in total. The van der Waals surface area contributed by atoms with Crippen LogP contribution in [0.15, 0.2) is 29.6 Å². The number of anilines is 1. The van der Waals surface area contributed by atoms with Crippen molar-refractivity contribution < 1.29 is 9.72 Å². The molecule has 8 heteroatoms. The molecule has 21 heavy (non-hydrogen) atoms. The first-order valence-electron chi connectivity index (χ1n) is 6.20. The summed E-state index contributed by atoms with van der Waals surface area (Å²) in [6.07, 6.45) is 0.638. The summed E-state index contributed by atoms with van der Waals surface area (Å²) in [4.78, 5) is 28.1. The van der Waals surface area contributed by atoms with E-state index in [9.17, 15) is 14.9 Å². The van der Waals surface area contributed by atoms with Crippen molar-refractivity contribution in [2.75, 3.05) is 18.5 Å². The van der Waals surface area contributed by atoms with Gasteiger partial charge in [0.05, 0.1) is 9.93 Å². The molecule has 2 rings (SSSR count). The van der Waals surface area contributed by atoms with Crippen LogP contribution in [0.4, 0.5) is 11.4 Å². The van der Waals surface area contributed by atoms with Gasteiger partial charge in [-0.1, -0.05) is 0 Å². The Bertz CT molecular complexity index is 654. The van der Waals surface area contributed by atoms with E-state index in [4.69, 9.17) is 5.73 Å². The van der Waals surface area contributed by atoms with Gasteiger partial charge in [-0.3, -0.25) is 14.9 Å². The van der Waals surface area contributed by atoms with Gasteiger partial charge in [0.25, 0.3) is 11.6 Å². The molecule has 0 unspecified atom stereocenters. The topological polar surface area (TPSA) is 102 Å². The number of nitro benzene ring substituents is 1. The molecule has 0 saturated heterocycles. The molecular formula is C13H14N4O3S. The smallest absolute Gasteiger partial charge is 0.277 e. The van der Waals surface area contributed by atoms with Crippen molar-refractivity contribution in [1.82, 2.24) is 4.98 Å². The molecular weight excluding hydrogens is 292 g/mol. The second-order valence-electron chi connectivity index (χ2n) is 4.30. The number of hydrogen-bond donors (Lipinski definition) is 1. The van der Waals surface area contributed by atoms with Crippen LogP contribution in [0.25, 0.3) is 0 Å². The lowest BCUT2D eigenvalue weighted by atomic mass is 10.2. The molecule has 0 aliphatic rings. The Morgan fingerprint density at radius 1 is 1.43 bits per heavy atom. The molecule has 110 valence electrons. The van der Waals surface area contributed by atoms with Crippen molar-refractivity contribution in [3.63, 3.8) is 0 Å². The molecule has 0 aliphatic carbocycles. The lowest BCUT2D eigenvalue weighted by Gasteiger charge is -2.15. The number of thiazole rings is 1. The second kappa shape index (κ2) is 6.42. The molecule has 1 aromatic carbocycles. The Labute approximate surface area is 125 Å². The van der Waals surface area contributed by atoms with E-state index < -0.39 is 4.92 Å². The van der Waals surface area contributed by atoms with Gasteiger partial charge in [0, 0.05) is 36.7 Å². The van der Waals surface area contributed by atoms with E-state index in [-0.39, 0.29) is 11.6 Å². The van der Waals surface area contributed by atoms with E-state index in [1.165, 1.54) is 40.5 Å². The molecule has 1 heterocycles. The van der Waals surface area contributed by atoms with E-state index >= 15 is 0 Å². The van der Waals surface area contributed by atoms with E-state index in [1.807, 2.05) is 0 Å². The fourth-order valence-corrected chi connectivity index (χ4v) is 2.52. The zero-order chi connectivity index (χ0) is 15.4. The summed E-state index contributed by atoms with van der Waals surface area (Å²) >= 11 is 1.39. The van der Waals surface area contributed by atoms with Crippen LogP contribution in [0.1, 0.15) is 15.5 Å². The Hall–Kier alpha value is -2.32. The molecule has 0 radical (unpaired) electrons. The highest BCUT2D eigenvalue weighted by atomic mass is 32.1. The summed E-state index contributed by atoms with van der Waals surface area (Å²) in [5, 5.41) is 13.1. The van der Waals surface area contributed by atoms with Crippen LogP contribution in [-0.4, -0.2) is 29.4 Å². The zero-order valence-electron chi connectivity index (χ0n) is 11.4. The first-order chi connectivity index (χ1) is 10.0. The van der Waals surface area contributed by atoms with E-state index in [0.29, 0.717) is 24.3 Å². The number of amides is 1. The van der Waals surface area contributed by atoms with Crippen LogP contribution >= 0.6 is 11.3 Å². The average molecular weight is 306 g/mol. The SMILES string of the molecule is CN(C(=O)c1csc(CCN)n1)c1ccc([N+](=O)[O-])cc1. The maximum Gasteiger partial charge on any atom is 0.277 e. The van der Waals surface area contributed by atoms with Crippen molar-refractivity contribution in [2.24, 2.45) is 5.73 Å². The Balaban J connectivity index is 2.15. The van der Waals surface area contributed by atoms with Crippen molar-refractivity contribution in [1.29, 1.82) is 0 Å². The molecule has 0 aliphatic heterocycles. The fraction of sp³-hybridized carbons (Fsp3) is 0.231. The minimum absolute atomic E-state index is 0.0153. The standard InChI is InChI=1S/C13H14N4O3S/c1-16(9-2-4-10(5-3-9)17(19)20)13(18)11-8-21-12(15-11)6-7-14/h2-5,8H,6-7,14H2,1H3. The number of rotatable bonds is 5. The lowest BCUT2D eigenvalue weighted by molar-refractivity contribution is -0.384. The number of carbonyl (C=O) groups is 1. The third kappa shape index (κ3) is 3.41. The quantitative estimate of drug-likeness (QED) is 0.670. The third-order valence-electron chi connectivity index (χ3n) is 2.88. The van der Waals surface area contributed by atoms with Gasteiger partial charge in [0.2, 0.25) is 0 Å². The van der Waals surface area contributed by atoms with E-state index in [2.05, 4.69) is 4.98 Å². The lowest BCUT2D eigenvalue weighted by Crippen LogP contribution is -2.26. The molecule has 0 bridgehead atoms. The van der Waals surface area contributed by atoms with Gasteiger partial charge in [-0.15, -0.1) is 11.3 Å². The summed E-state index contributed by atoms with van der Waals surface area (Å²) in [6, 6.07) is 5.78. The average Bonchev–Trinajstić information content (AvgIpc) is 2.95. The maximum atomic E-state index is 12.3. The molecule has 1 aromatic heterocycles. The molecule has 0 saturated carbocycles. The van der Waals surface area contributed by atoms with Crippen LogP contribution in [0, 0.1) is 10.1 Å². The molecule has 1 amide bonds. The number of non-ortho nitro benzene ring substituents is 1. The second-order valence-corrected chi connectivity index (χ2v) is 5.25. The van der Waals surface area contributed by atoms with Crippen LogP contribution in [0.5, 0.6) is 0 Å². The van der Waals surface area contributed by atoms with Crippen molar-refractivity contribution in [2.45, 2.75) is 6.42 Å². The number of benzene rings is 1. The normalized spacial score (nSPS) is 10.4. The third-order valence-corrected chi connectivity index (χ3v) is 3.79. The molecule has 2 aromatic rings. The monoisotopic (exact) mass is 306 g/mol. The predicted octanol–water partition coefficient (Wildman–Crippen LogP) is 1.83. The van der Waals surface area contributed by atoms with Gasteiger partial charge >= 0.3 is 0 Å². The van der Waals surface area contributed by atoms with Crippen LogP contribution in [0.3, 0.4) is 0 Å². The van der Waals surface area contributed by atoms with Gasteiger partial charge in [0.1, 0.15) is 5.69 Å². The Morgan fingerprint density at radius 3 is 2.67 bits per heavy atom. The Kier molecular flexibility index (Phi) is 4.61. The van der Waals surface area contributed by atoms with Crippen LogP contribution < -0.4 is 10.6 Å². The highest BCUT2D eigenvalue weighted by molar-refractivity contribution is 7.09. The number of nitrogens with zero attached hydrogens (tertiary/aromatic N) is 3. The molecule has 7 nitrogen and oxygen atoms in total. The van der Waals surface area contributed by atoms with Crippen molar-refractivity contribution >= 4 is 28.6 Å². The highest BCUT2D eigenvalue weighted by Crippen LogP contribution is 2.20. The molecule has 0 spiro atoms. The predicted molar refractivity (Wildman–Crippen MR) is 80.7 cm³/mol. The minimum Gasteiger partial charge on any atom is -0.330 e. The van der Waals surface area contributed by atoms with Crippen molar-refractivity contribution in [3.8, 4) is 0 Å². The maximum absolute atomic E-state index is 12.3. The first kappa shape index (κ1) is 15.1.